The molecule has 0 bridgehead atoms. The predicted molar refractivity (Wildman–Crippen MR) is 90.5 cm³/mol. The normalized spacial score (nSPS) is 17.5. The molecule has 0 aromatic carbocycles. The van der Waals surface area contributed by atoms with E-state index in [9.17, 15) is 9.59 Å². The minimum atomic E-state index is -0.281. The molecule has 1 saturated heterocycles. The number of likely N-dealkylation sites (tertiary alicyclic amines) is 1. The van der Waals surface area contributed by atoms with Crippen LogP contribution in [-0.4, -0.2) is 34.8 Å². The van der Waals surface area contributed by atoms with Gasteiger partial charge < -0.3 is 14.6 Å². The summed E-state index contributed by atoms with van der Waals surface area (Å²) in [6, 6.07) is 3.63. The zero-order valence-corrected chi connectivity index (χ0v) is 14.7. The van der Waals surface area contributed by atoms with Crippen molar-refractivity contribution in [1.82, 2.24) is 15.2 Å². The number of aryl methyl sites for hydroxylation is 2. The maximum absolute atomic E-state index is 12.3. The smallest absolute Gasteiger partial charge is 0.225 e. The molecule has 2 amide bonds. The van der Waals surface area contributed by atoms with E-state index in [1.165, 1.54) is 4.88 Å². The third kappa shape index (κ3) is 3.84. The van der Waals surface area contributed by atoms with Gasteiger partial charge in [-0.25, -0.2) is 4.98 Å². The van der Waals surface area contributed by atoms with Gasteiger partial charge in [0.05, 0.1) is 29.4 Å². The van der Waals surface area contributed by atoms with Gasteiger partial charge in [-0.15, -0.1) is 11.3 Å². The highest BCUT2D eigenvalue weighted by molar-refractivity contribution is 7.11. The van der Waals surface area contributed by atoms with E-state index in [1.54, 1.807) is 28.6 Å². The van der Waals surface area contributed by atoms with E-state index in [1.807, 2.05) is 19.9 Å². The summed E-state index contributed by atoms with van der Waals surface area (Å²) in [6.45, 7) is 5.42. The van der Waals surface area contributed by atoms with Crippen molar-refractivity contribution in [2.24, 2.45) is 5.92 Å². The predicted octanol–water partition coefficient (Wildman–Crippen LogP) is 2.06. The summed E-state index contributed by atoms with van der Waals surface area (Å²) in [5.74, 6) is 0.405. The number of nitrogens with zero attached hydrogens (tertiary/aromatic N) is 2. The van der Waals surface area contributed by atoms with Gasteiger partial charge in [0.1, 0.15) is 5.76 Å². The van der Waals surface area contributed by atoms with Crippen LogP contribution in [0.25, 0.3) is 0 Å². The molecule has 1 fully saturated rings. The van der Waals surface area contributed by atoms with Crippen LogP contribution in [0.2, 0.25) is 0 Å². The fourth-order valence-corrected chi connectivity index (χ4v) is 3.88. The lowest BCUT2D eigenvalue weighted by molar-refractivity contribution is -0.129. The van der Waals surface area contributed by atoms with Gasteiger partial charge in [0, 0.05) is 30.8 Å². The summed E-state index contributed by atoms with van der Waals surface area (Å²) in [5, 5.41) is 3.99. The molecule has 7 heteroatoms. The van der Waals surface area contributed by atoms with Crippen LogP contribution in [0.3, 0.4) is 0 Å². The second kappa shape index (κ2) is 7.17. The van der Waals surface area contributed by atoms with Gasteiger partial charge in [-0.3, -0.25) is 9.59 Å². The van der Waals surface area contributed by atoms with Crippen molar-refractivity contribution in [2.75, 3.05) is 13.1 Å². The largest absolute Gasteiger partial charge is 0.467 e. The van der Waals surface area contributed by atoms with E-state index < -0.39 is 0 Å². The van der Waals surface area contributed by atoms with Crippen molar-refractivity contribution in [2.45, 2.75) is 33.2 Å². The number of hydrogen-bond acceptors (Lipinski definition) is 5. The Kier molecular flexibility index (Phi) is 4.99. The van der Waals surface area contributed by atoms with E-state index in [0.717, 1.165) is 22.9 Å². The van der Waals surface area contributed by atoms with Crippen LogP contribution in [0.1, 0.15) is 27.8 Å². The third-order valence-electron chi connectivity index (χ3n) is 4.16. The number of rotatable bonds is 6. The number of amides is 2. The molecule has 0 saturated carbocycles. The van der Waals surface area contributed by atoms with Crippen molar-refractivity contribution in [3.05, 3.63) is 39.7 Å². The zero-order valence-electron chi connectivity index (χ0n) is 13.9. The van der Waals surface area contributed by atoms with Crippen molar-refractivity contribution in [3.8, 4) is 0 Å². The van der Waals surface area contributed by atoms with E-state index in [0.29, 0.717) is 19.6 Å². The molecule has 0 radical (unpaired) electrons. The molecule has 128 valence electrons. The maximum Gasteiger partial charge on any atom is 0.225 e. The maximum atomic E-state index is 12.3. The van der Waals surface area contributed by atoms with Gasteiger partial charge in [-0.05, 0) is 26.0 Å². The van der Waals surface area contributed by atoms with E-state index >= 15 is 0 Å². The number of hydrogen-bond donors (Lipinski definition) is 1. The van der Waals surface area contributed by atoms with Gasteiger partial charge in [-0.2, -0.15) is 0 Å². The first kappa shape index (κ1) is 16.7. The van der Waals surface area contributed by atoms with Crippen molar-refractivity contribution in [1.29, 1.82) is 0 Å². The highest BCUT2D eigenvalue weighted by Gasteiger charge is 2.34. The van der Waals surface area contributed by atoms with Gasteiger partial charge in [0.2, 0.25) is 11.8 Å². The Morgan fingerprint density at radius 3 is 3.00 bits per heavy atom. The monoisotopic (exact) mass is 347 g/mol. The Labute approximate surface area is 144 Å². The highest BCUT2D eigenvalue weighted by Crippen LogP contribution is 2.21. The summed E-state index contributed by atoms with van der Waals surface area (Å²) in [5.41, 5.74) is 1.03. The SMILES string of the molecule is Cc1nc(C)c(CCNC(=O)[C@H]2CC(=O)N(Cc3ccco3)C2)s1. The van der Waals surface area contributed by atoms with Gasteiger partial charge in [0.15, 0.2) is 0 Å². The summed E-state index contributed by atoms with van der Waals surface area (Å²) in [6.07, 6.45) is 2.63. The van der Waals surface area contributed by atoms with Crippen LogP contribution in [0.4, 0.5) is 0 Å². The molecule has 0 spiro atoms. The topological polar surface area (TPSA) is 75.4 Å². The first-order valence-corrected chi connectivity index (χ1v) is 8.85. The first-order chi connectivity index (χ1) is 11.5. The van der Waals surface area contributed by atoms with Crippen LogP contribution in [-0.2, 0) is 22.6 Å². The van der Waals surface area contributed by atoms with Crippen LogP contribution in [0.5, 0.6) is 0 Å². The number of nitrogens with one attached hydrogen (secondary N) is 1. The molecule has 1 N–H and O–H groups in total. The number of furan rings is 1. The van der Waals surface area contributed by atoms with E-state index in [-0.39, 0.29) is 24.2 Å². The second-order valence-corrected chi connectivity index (χ2v) is 7.32. The van der Waals surface area contributed by atoms with Crippen molar-refractivity contribution < 1.29 is 14.0 Å². The molecule has 1 atom stereocenters. The zero-order chi connectivity index (χ0) is 17.1. The Bertz CT molecular complexity index is 724. The minimum absolute atomic E-state index is 0.000441. The number of thiazole rings is 1. The standard InChI is InChI=1S/C17H21N3O3S/c1-11-15(24-12(2)19-11)5-6-18-17(22)13-8-16(21)20(9-13)10-14-4-3-7-23-14/h3-4,7,13H,5-6,8-10H2,1-2H3,(H,18,22)/t13-/m0/s1. The molecular formula is C17H21N3O3S. The summed E-state index contributed by atoms with van der Waals surface area (Å²) >= 11 is 1.67. The summed E-state index contributed by atoms with van der Waals surface area (Å²) < 4.78 is 5.27. The number of aromatic nitrogens is 1. The quantitative estimate of drug-likeness (QED) is 0.868. The molecule has 2 aromatic heterocycles. The molecule has 1 aliphatic rings. The van der Waals surface area contributed by atoms with Crippen LogP contribution < -0.4 is 5.32 Å². The van der Waals surface area contributed by atoms with Gasteiger partial charge in [0.25, 0.3) is 0 Å². The summed E-state index contributed by atoms with van der Waals surface area (Å²) in [7, 11) is 0. The Morgan fingerprint density at radius 1 is 1.50 bits per heavy atom. The second-order valence-electron chi connectivity index (χ2n) is 6.04. The summed E-state index contributed by atoms with van der Waals surface area (Å²) in [4.78, 5) is 31.6. The molecule has 0 aliphatic carbocycles. The molecule has 6 nitrogen and oxygen atoms in total. The molecule has 3 heterocycles. The minimum Gasteiger partial charge on any atom is -0.467 e. The van der Waals surface area contributed by atoms with Gasteiger partial charge >= 0.3 is 0 Å². The first-order valence-electron chi connectivity index (χ1n) is 8.03. The lowest BCUT2D eigenvalue weighted by Crippen LogP contribution is -2.34. The molecule has 2 aromatic rings. The van der Waals surface area contributed by atoms with Crippen LogP contribution in [0.15, 0.2) is 22.8 Å². The Hall–Kier alpha value is -2.15. The lowest BCUT2D eigenvalue weighted by atomic mass is 10.1. The highest BCUT2D eigenvalue weighted by atomic mass is 32.1. The number of carbonyl (C=O) groups excluding carboxylic acids is 2. The van der Waals surface area contributed by atoms with E-state index in [2.05, 4.69) is 10.3 Å². The Morgan fingerprint density at radius 2 is 2.33 bits per heavy atom. The van der Waals surface area contributed by atoms with E-state index in [4.69, 9.17) is 4.42 Å². The average molecular weight is 347 g/mol. The van der Waals surface area contributed by atoms with Crippen molar-refractivity contribution in [3.63, 3.8) is 0 Å². The average Bonchev–Trinajstić information content (AvgIpc) is 3.23. The molecule has 1 aliphatic heterocycles. The molecule has 24 heavy (non-hydrogen) atoms. The fraction of sp³-hybridized carbons (Fsp3) is 0.471. The van der Waals surface area contributed by atoms with Crippen LogP contribution in [0, 0.1) is 19.8 Å². The third-order valence-corrected chi connectivity index (χ3v) is 5.30. The molecule has 3 rings (SSSR count). The Balaban J connectivity index is 1.47. The van der Waals surface area contributed by atoms with Gasteiger partial charge in [-0.1, -0.05) is 0 Å². The fourth-order valence-electron chi connectivity index (χ4n) is 2.94. The van der Waals surface area contributed by atoms with Crippen molar-refractivity contribution >= 4 is 23.2 Å². The van der Waals surface area contributed by atoms with Crippen LogP contribution >= 0.6 is 11.3 Å². The molecular weight excluding hydrogens is 326 g/mol. The number of carbonyl (C=O) groups is 2. The lowest BCUT2D eigenvalue weighted by Gasteiger charge is -2.15. The molecule has 0 unspecified atom stereocenters.